The molecule has 6 rings (SSSR count). The summed E-state index contributed by atoms with van der Waals surface area (Å²) in [7, 11) is 0. The van der Waals surface area contributed by atoms with Crippen LogP contribution in [0, 0.1) is 0 Å². The van der Waals surface area contributed by atoms with Crippen LogP contribution in [0.15, 0.2) is 114 Å². The summed E-state index contributed by atoms with van der Waals surface area (Å²) in [5, 5.41) is 3.13. The zero-order valence-electron chi connectivity index (χ0n) is 19.7. The van der Waals surface area contributed by atoms with Gasteiger partial charge in [-0.3, -0.25) is 0 Å². The third kappa shape index (κ3) is 4.18. The summed E-state index contributed by atoms with van der Waals surface area (Å²) >= 11 is 1.56. The van der Waals surface area contributed by atoms with E-state index in [1.165, 1.54) is 0 Å². The second-order valence-electron chi connectivity index (χ2n) is 8.73. The van der Waals surface area contributed by atoms with Crippen LogP contribution in [0.2, 0.25) is 0 Å². The Morgan fingerprint density at radius 3 is 2.36 bits per heavy atom. The van der Waals surface area contributed by atoms with Crippen LogP contribution < -0.4 is 4.74 Å². The Balaban J connectivity index is 1.44. The van der Waals surface area contributed by atoms with E-state index in [-0.39, 0.29) is 18.5 Å². The highest BCUT2D eigenvalue weighted by Gasteiger charge is 2.37. The van der Waals surface area contributed by atoms with Crippen molar-refractivity contribution in [1.82, 2.24) is 4.98 Å². The van der Waals surface area contributed by atoms with Gasteiger partial charge in [-0.1, -0.05) is 103 Å². The number of carbonyl (C=O) groups is 1. The molecule has 0 N–H and O–H groups in total. The second-order valence-corrected chi connectivity index (χ2v) is 9.76. The molecule has 0 radical (unpaired) electrons. The Labute approximate surface area is 213 Å². The minimum atomic E-state index is -0.380. The van der Waals surface area contributed by atoms with Crippen molar-refractivity contribution in [2.24, 2.45) is 0 Å². The quantitative estimate of drug-likeness (QED) is 0.240. The highest BCUT2D eigenvalue weighted by Crippen LogP contribution is 2.48. The maximum atomic E-state index is 13.5. The maximum Gasteiger partial charge on any atom is 0.338 e. The van der Waals surface area contributed by atoms with Gasteiger partial charge in [-0.15, -0.1) is 11.3 Å². The third-order valence-electron chi connectivity index (χ3n) is 6.36. The van der Waals surface area contributed by atoms with Gasteiger partial charge < -0.3 is 9.47 Å². The number of thiazole rings is 1. The van der Waals surface area contributed by atoms with Gasteiger partial charge in [0.25, 0.3) is 0 Å². The summed E-state index contributed by atoms with van der Waals surface area (Å²) in [6, 6.07) is 34.3. The first-order chi connectivity index (χ1) is 17.7. The minimum Gasteiger partial charge on any atom is -0.457 e. The van der Waals surface area contributed by atoms with Crippen molar-refractivity contribution in [3.8, 4) is 16.5 Å². The molecule has 0 amide bonds. The largest absolute Gasteiger partial charge is 0.457 e. The molecule has 0 saturated heterocycles. The van der Waals surface area contributed by atoms with Gasteiger partial charge in [-0.05, 0) is 28.8 Å². The molecule has 0 spiro atoms. The summed E-state index contributed by atoms with van der Waals surface area (Å²) in [4.78, 5) is 19.3. The Morgan fingerprint density at radius 1 is 0.889 bits per heavy atom. The predicted molar refractivity (Wildman–Crippen MR) is 143 cm³/mol. The van der Waals surface area contributed by atoms with Crippen LogP contribution in [-0.2, 0) is 16.1 Å². The van der Waals surface area contributed by atoms with Crippen molar-refractivity contribution in [2.75, 3.05) is 0 Å². The molecule has 4 aromatic carbocycles. The van der Waals surface area contributed by atoms with Crippen LogP contribution in [0.1, 0.15) is 28.8 Å². The molecule has 5 heteroatoms. The highest BCUT2D eigenvalue weighted by molar-refractivity contribution is 7.15. The van der Waals surface area contributed by atoms with Crippen LogP contribution in [0.3, 0.4) is 0 Å². The standard InChI is InChI=1S/C31H23NO3S/c1-20-26(31(33)34-19-21-10-4-2-5-11-21)27(25-17-16-22-12-8-9-15-24(22)18-25)28-29(35-20)32-30(36-28)23-13-6-3-7-14-23/h2-18,27H,19H2,1H3. The average molecular weight is 490 g/mol. The minimum absolute atomic E-state index is 0.200. The lowest BCUT2D eigenvalue weighted by Gasteiger charge is -2.26. The van der Waals surface area contributed by atoms with E-state index in [9.17, 15) is 4.79 Å². The maximum absolute atomic E-state index is 13.5. The first kappa shape index (κ1) is 22.3. The molecule has 0 fully saturated rings. The third-order valence-corrected chi connectivity index (χ3v) is 7.51. The molecule has 1 unspecified atom stereocenters. The van der Waals surface area contributed by atoms with E-state index in [0.29, 0.717) is 17.2 Å². The van der Waals surface area contributed by atoms with E-state index < -0.39 is 0 Å². The van der Waals surface area contributed by atoms with Gasteiger partial charge in [-0.25, -0.2) is 9.78 Å². The monoisotopic (exact) mass is 489 g/mol. The molecule has 2 heterocycles. The topological polar surface area (TPSA) is 48.4 Å². The molecular formula is C31H23NO3S. The molecule has 1 aliphatic heterocycles. The Morgan fingerprint density at radius 2 is 1.58 bits per heavy atom. The Bertz CT molecular complexity index is 1590. The Hall–Kier alpha value is -4.22. The number of allylic oxidation sites excluding steroid dienone is 1. The number of rotatable bonds is 5. The zero-order chi connectivity index (χ0) is 24.5. The van der Waals surface area contributed by atoms with Gasteiger partial charge in [0.05, 0.1) is 16.4 Å². The summed E-state index contributed by atoms with van der Waals surface area (Å²) in [5.41, 5.74) is 3.47. The predicted octanol–water partition coefficient (Wildman–Crippen LogP) is 7.51. The van der Waals surface area contributed by atoms with Gasteiger partial charge in [0, 0.05) is 5.56 Å². The zero-order valence-corrected chi connectivity index (χ0v) is 20.5. The average Bonchev–Trinajstić information content (AvgIpc) is 3.35. The van der Waals surface area contributed by atoms with Crippen molar-refractivity contribution < 1.29 is 14.3 Å². The number of hydrogen-bond donors (Lipinski definition) is 0. The molecule has 4 nitrogen and oxygen atoms in total. The van der Waals surface area contributed by atoms with Crippen LogP contribution in [-0.4, -0.2) is 11.0 Å². The van der Waals surface area contributed by atoms with Crippen molar-refractivity contribution in [1.29, 1.82) is 0 Å². The molecule has 5 aromatic rings. The molecule has 0 saturated carbocycles. The summed E-state index contributed by atoms with van der Waals surface area (Å²) < 4.78 is 11.9. The smallest absolute Gasteiger partial charge is 0.338 e. The lowest BCUT2D eigenvalue weighted by molar-refractivity contribution is -0.140. The van der Waals surface area contributed by atoms with Gasteiger partial charge >= 0.3 is 5.97 Å². The normalized spacial score (nSPS) is 14.9. The molecule has 0 bridgehead atoms. The number of fused-ring (bicyclic) bond motifs is 2. The van der Waals surface area contributed by atoms with Crippen LogP contribution >= 0.6 is 11.3 Å². The number of ether oxygens (including phenoxy) is 2. The summed E-state index contributed by atoms with van der Waals surface area (Å²) in [6.07, 6.45) is 0. The van der Waals surface area contributed by atoms with Gasteiger partial charge in [0.1, 0.15) is 17.4 Å². The number of nitrogens with zero attached hydrogens (tertiary/aromatic N) is 1. The fourth-order valence-electron chi connectivity index (χ4n) is 4.58. The Kier molecular flexibility index (Phi) is 5.84. The summed E-state index contributed by atoms with van der Waals surface area (Å²) in [5.74, 6) is 0.351. The highest BCUT2D eigenvalue weighted by atomic mass is 32.1. The van der Waals surface area contributed by atoms with Crippen LogP contribution in [0.5, 0.6) is 5.88 Å². The van der Waals surface area contributed by atoms with E-state index in [4.69, 9.17) is 14.5 Å². The van der Waals surface area contributed by atoms with E-state index in [0.717, 1.165) is 37.3 Å². The second kappa shape index (κ2) is 9.44. The van der Waals surface area contributed by atoms with Gasteiger partial charge in [0.2, 0.25) is 5.88 Å². The number of esters is 1. The molecule has 0 aliphatic carbocycles. The number of carbonyl (C=O) groups excluding carboxylic acids is 1. The van der Waals surface area contributed by atoms with Crippen molar-refractivity contribution in [3.05, 3.63) is 130 Å². The molecule has 1 aromatic heterocycles. The van der Waals surface area contributed by atoms with Crippen molar-refractivity contribution in [2.45, 2.75) is 19.4 Å². The SMILES string of the molecule is CC1=C(C(=O)OCc2ccccc2)C(c2ccc3ccccc3c2)c2sc(-c3ccccc3)nc2O1. The van der Waals surface area contributed by atoms with E-state index in [1.807, 2.05) is 79.7 Å². The van der Waals surface area contributed by atoms with Crippen molar-refractivity contribution >= 4 is 28.1 Å². The molecule has 1 aliphatic rings. The fourth-order valence-corrected chi connectivity index (χ4v) is 5.72. The van der Waals surface area contributed by atoms with Crippen molar-refractivity contribution in [3.63, 3.8) is 0 Å². The molecule has 176 valence electrons. The lowest BCUT2D eigenvalue weighted by Crippen LogP contribution is -2.22. The molecule has 36 heavy (non-hydrogen) atoms. The lowest BCUT2D eigenvalue weighted by atomic mass is 9.86. The number of hydrogen-bond acceptors (Lipinski definition) is 5. The fraction of sp³-hybridized carbons (Fsp3) is 0.0968. The first-order valence-corrected chi connectivity index (χ1v) is 12.6. The number of benzene rings is 4. The number of aromatic nitrogens is 1. The van der Waals surface area contributed by atoms with Gasteiger partial charge in [-0.2, -0.15) is 0 Å². The van der Waals surface area contributed by atoms with Crippen LogP contribution in [0.25, 0.3) is 21.3 Å². The molecule has 1 atom stereocenters. The van der Waals surface area contributed by atoms with E-state index in [2.05, 4.69) is 30.3 Å². The molecular weight excluding hydrogens is 466 g/mol. The van der Waals surface area contributed by atoms with E-state index >= 15 is 0 Å². The van der Waals surface area contributed by atoms with Gasteiger partial charge in [0.15, 0.2) is 0 Å². The first-order valence-electron chi connectivity index (χ1n) is 11.8. The van der Waals surface area contributed by atoms with Crippen LogP contribution in [0.4, 0.5) is 0 Å². The van der Waals surface area contributed by atoms with E-state index in [1.54, 1.807) is 11.3 Å². The summed E-state index contributed by atoms with van der Waals surface area (Å²) in [6.45, 7) is 2.02.